The van der Waals surface area contributed by atoms with Crippen LogP contribution < -0.4 is 4.74 Å². The van der Waals surface area contributed by atoms with Gasteiger partial charge in [0.25, 0.3) is 0 Å². The van der Waals surface area contributed by atoms with Gasteiger partial charge < -0.3 is 4.74 Å². The lowest BCUT2D eigenvalue weighted by Gasteiger charge is -2.13. The fraction of sp³-hybridized carbons (Fsp3) is 0.0714. The molecule has 6 heteroatoms. The second kappa shape index (κ2) is 7.20. The SMILES string of the molecule is O=C(Oc1c(Br)cc(Br)cc1Br)C(Br)c1ccccc1. The molecule has 0 aliphatic carbocycles. The van der Waals surface area contributed by atoms with Crippen LogP contribution in [0, 0.1) is 0 Å². The molecule has 2 aromatic rings. The normalized spacial score (nSPS) is 12.0. The Kier molecular flexibility index (Phi) is 5.84. The third kappa shape index (κ3) is 3.93. The van der Waals surface area contributed by atoms with Crippen molar-refractivity contribution < 1.29 is 9.53 Å². The number of rotatable bonds is 3. The first-order valence-corrected chi connectivity index (χ1v) is 8.83. The van der Waals surface area contributed by atoms with Crippen LogP contribution in [0.1, 0.15) is 10.4 Å². The van der Waals surface area contributed by atoms with Gasteiger partial charge in [-0.05, 0) is 49.6 Å². The molecule has 2 nitrogen and oxygen atoms in total. The smallest absolute Gasteiger partial charge is 0.329 e. The molecule has 0 aliphatic heterocycles. The number of halogens is 4. The van der Waals surface area contributed by atoms with Crippen molar-refractivity contribution in [1.82, 2.24) is 0 Å². The van der Waals surface area contributed by atoms with Crippen LogP contribution in [0.2, 0.25) is 0 Å². The monoisotopic (exact) mass is 524 g/mol. The van der Waals surface area contributed by atoms with Crippen molar-refractivity contribution in [2.75, 3.05) is 0 Å². The van der Waals surface area contributed by atoms with E-state index in [9.17, 15) is 4.79 Å². The Morgan fingerprint density at radius 1 is 1.00 bits per heavy atom. The highest BCUT2D eigenvalue weighted by Crippen LogP contribution is 2.37. The maximum absolute atomic E-state index is 12.2. The largest absolute Gasteiger partial charge is 0.423 e. The minimum Gasteiger partial charge on any atom is -0.423 e. The van der Waals surface area contributed by atoms with E-state index in [2.05, 4.69) is 63.7 Å². The van der Waals surface area contributed by atoms with Gasteiger partial charge in [0.2, 0.25) is 0 Å². The average Bonchev–Trinajstić information content (AvgIpc) is 2.42. The van der Waals surface area contributed by atoms with Crippen molar-refractivity contribution in [3.63, 3.8) is 0 Å². The van der Waals surface area contributed by atoms with Gasteiger partial charge in [0.05, 0.1) is 8.95 Å². The Bertz CT molecular complexity index is 605. The van der Waals surface area contributed by atoms with Gasteiger partial charge in [0.1, 0.15) is 4.83 Å². The summed E-state index contributed by atoms with van der Waals surface area (Å²) in [6.45, 7) is 0. The summed E-state index contributed by atoms with van der Waals surface area (Å²) in [6, 6.07) is 13.0. The van der Waals surface area contributed by atoms with Gasteiger partial charge in [0.15, 0.2) is 5.75 Å². The Labute approximate surface area is 150 Å². The molecular formula is C14H8Br4O2. The third-order valence-electron chi connectivity index (χ3n) is 2.46. The molecule has 1 unspecified atom stereocenters. The molecule has 20 heavy (non-hydrogen) atoms. The van der Waals surface area contributed by atoms with E-state index in [-0.39, 0.29) is 5.97 Å². The minimum absolute atomic E-state index is 0.375. The Hall–Kier alpha value is -0.170. The molecule has 2 aromatic carbocycles. The fourth-order valence-corrected chi connectivity index (χ4v) is 4.36. The molecule has 0 spiro atoms. The molecule has 0 heterocycles. The first kappa shape index (κ1) is 16.2. The molecule has 2 rings (SSSR count). The summed E-state index contributed by atoms with van der Waals surface area (Å²) in [5.41, 5.74) is 0.849. The zero-order valence-corrected chi connectivity index (χ0v) is 16.3. The Balaban J connectivity index is 2.20. The number of hydrogen-bond donors (Lipinski definition) is 0. The van der Waals surface area contributed by atoms with Crippen LogP contribution in [0.3, 0.4) is 0 Å². The molecule has 0 radical (unpaired) electrons. The van der Waals surface area contributed by atoms with Crippen LogP contribution in [0.15, 0.2) is 55.9 Å². The molecule has 0 fully saturated rings. The number of ether oxygens (including phenoxy) is 1. The summed E-state index contributed by atoms with van der Waals surface area (Å²) in [7, 11) is 0. The van der Waals surface area contributed by atoms with Crippen molar-refractivity contribution in [3.8, 4) is 5.75 Å². The molecule has 0 saturated heterocycles. The summed E-state index contributed by atoms with van der Waals surface area (Å²) >= 11 is 13.5. The van der Waals surface area contributed by atoms with Crippen molar-refractivity contribution in [2.24, 2.45) is 0 Å². The predicted molar refractivity (Wildman–Crippen MR) is 93.3 cm³/mol. The summed E-state index contributed by atoms with van der Waals surface area (Å²) in [5.74, 6) is 0.0819. The predicted octanol–water partition coefficient (Wildman–Crippen LogP) is 6.02. The highest BCUT2D eigenvalue weighted by molar-refractivity contribution is 9.11. The zero-order valence-electron chi connectivity index (χ0n) is 9.95. The lowest BCUT2D eigenvalue weighted by Crippen LogP contribution is -2.14. The van der Waals surface area contributed by atoms with Gasteiger partial charge in [-0.2, -0.15) is 0 Å². The first-order valence-electron chi connectivity index (χ1n) is 5.54. The van der Waals surface area contributed by atoms with Crippen molar-refractivity contribution in [2.45, 2.75) is 4.83 Å². The number of alkyl halides is 1. The van der Waals surface area contributed by atoms with Crippen molar-refractivity contribution >= 4 is 69.7 Å². The molecule has 104 valence electrons. The molecule has 1 atom stereocenters. The van der Waals surface area contributed by atoms with E-state index in [0.717, 1.165) is 10.0 Å². The second-order valence-corrected chi connectivity index (χ2v) is 7.43. The van der Waals surface area contributed by atoms with Gasteiger partial charge in [-0.3, -0.25) is 4.79 Å². The lowest BCUT2D eigenvalue weighted by atomic mass is 10.1. The molecule has 0 N–H and O–H groups in total. The second-order valence-electron chi connectivity index (χ2n) is 3.89. The minimum atomic E-state index is -0.508. The number of hydrogen-bond acceptors (Lipinski definition) is 2. The van der Waals surface area contributed by atoms with Crippen LogP contribution in [0.5, 0.6) is 5.75 Å². The number of esters is 1. The van der Waals surface area contributed by atoms with Crippen LogP contribution in [0.25, 0.3) is 0 Å². The van der Waals surface area contributed by atoms with Gasteiger partial charge in [-0.25, -0.2) is 0 Å². The molecule has 0 aromatic heterocycles. The highest BCUT2D eigenvalue weighted by atomic mass is 79.9. The summed E-state index contributed by atoms with van der Waals surface area (Å²) in [5, 5.41) is 0. The Morgan fingerprint density at radius 3 is 2.10 bits per heavy atom. The van der Waals surface area contributed by atoms with Crippen LogP contribution in [-0.4, -0.2) is 5.97 Å². The molecule has 0 saturated carbocycles. The van der Waals surface area contributed by atoms with Crippen molar-refractivity contribution in [1.29, 1.82) is 0 Å². The van der Waals surface area contributed by atoms with E-state index >= 15 is 0 Å². The number of carbonyl (C=O) groups excluding carboxylic acids is 1. The summed E-state index contributed by atoms with van der Waals surface area (Å²) in [4.78, 5) is 11.7. The first-order chi connectivity index (χ1) is 9.49. The van der Waals surface area contributed by atoms with Crippen LogP contribution in [-0.2, 0) is 4.79 Å². The standard InChI is InChI=1S/C14H8Br4O2/c15-9-6-10(16)13(11(17)7-9)20-14(19)12(18)8-4-2-1-3-5-8/h1-7,12H. The Morgan fingerprint density at radius 2 is 1.55 bits per heavy atom. The van der Waals surface area contributed by atoms with Crippen LogP contribution in [0.4, 0.5) is 0 Å². The average molecular weight is 528 g/mol. The van der Waals surface area contributed by atoms with E-state index in [4.69, 9.17) is 4.74 Å². The zero-order chi connectivity index (χ0) is 14.7. The van der Waals surface area contributed by atoms with Gasteiger partial charge in [-0.15, -0.1) is 0 Å². The number of benzene rings is 2. The molecule has 0 amide bonds. The van der Waals surface area contributed by atoms with E-state index in [1.165, 1.54) is 0 Å². The van der Waals surface area contributed by atoms with Gasteiger partial charge in [0, 0.05) is 4.47 Å². The van der Waals surface area contributed by atoms with E-state index in [0.29, 0.717) is 14.7 Å². The molecular weight excluding hydrogens is 520 g/mol. The van der Waals surface area contributed by atoms with Crippen LogP contribution >= 0.6 is 63.7 Å². The maximum Gasteiger partial charge on any atom is 0.329 e. The molecule has 0 bridgehead atoms. The lowest BCUT2D eigenvalue weighted by molar-refractivity contribution is -0.133. The highest BCUT2D eigenvalue weighted by Gasteiger charge is 2.21. The fourth-order valence-electron chi connectivity index (χ4n) is 1.54. The topological polar surface area (TPSA) is 26.3 Å². The van der Waals surface area contributed by atoms with Gasteiger partial charge in [-0.1, -0.05) is 62.2 Å². The van der Waals surface area contributed by atoms with E-state index < -0.39 is 4.83 Å². The maximum atomic E-state index is 12.2. The van der Waals surface area contributed by atoms with Gasteiger partial charge >= 0.3 is 5.97 Å². The summed E-state index contributed by atoms with van der Waals surface area (Å²) < 4.78 is 7.72. The van der Waals surface area contributed by atoms with E-state index in [1.54, 1.807) is 0 Å². The third-order valence-corrected chi connectivity index (χ3v) is 5.00. The quantitative estimate of drug-likeness (QED) is 0.277. The number of carbonyl (C=O) groups is 1. The summed E-state index contributed by atoms with van der Waals surface area (Å²) in [6.07, 6.45) is 0. The molecule has 0 aliphatic rings. The van der Waals surface area contributed by atoms with Crippen molar-refractivity contribution in [3.05, 3.63) is 61.4 Å². The van der Waals surface area contributed by atoms with E-state index in [1.807, 2.05) is 42.5 Å².